The van der Waals surface area contributed by atoms with Gasteiger partial charge in [-0.1, -0.05) is 12.1 Å². The van der Waals surface area contributed by atoms with Gasteiger partial charge < -0.3 is 9.47 Å². The molecule has 0 N–H and O–H groups in total. The van der Waals surface area contributed by atoms with Crippen molar-refractivity contribution in [2.45, 2.75) is 19.3 Å². The van der Waals surface area contributed by atoms with Crippen molar-refractivity contribution in [3.8, 4) is 23.6 Å². The van der Waals surface area contributed by atoms with Crippen LogP contribution >= 0.6 is 0 Å². The summed E-state index contributed by atoms with van der Waals surface area (Å²) in [6, 6.07) is 18.5. The van der Waals surface area contributed by atoms with Crippen molar-refractivity contribution in [3.05, 3.63) is 59.7 Å². The van der Waals surface area contributed by atoms with E-state index in [4.69, 9.17) is 20.0 Å². The summed E-state index contributed by atoms with van der Waals surface area (Å²) in [6.45, 7) is 1.25. The number of nitrogens with zero attached hydrogens (tertiary/aromatic N) is 2. The molecule has 0 unspecified atom stereocenters. The predicted octanol–water partition coefficient (Wildman–Crippen LogP) is 4.06. The normalized spacial score (nSPS) is 9.65. The van der Waals surface area contributed by atoms with Crippen LogP contribution in [0.2, 0.25) is 0 Å². The first-order valence-electron chi connectivity index (χ1n) is 7.58. The third kappa shape index (κ3) is 5.73. The Labute approximate surface area is 136 Å². The minimum Gasteiger partial charge on any atom is -0.494 e. The van der Waals surface area contributed by atoms with Crippen LogP contribution in [0.1, 0.15) is 30.4 Å². The summed E-state index contributed by atoms with van der Waals surface area (Å²) in [6.07, 6.45) is 2.85. The number of hydrogen-bond donors (Lipinski definition) is 0. The lowest BCUT2D eigenvalue weighted by molar-refractivity contribution is 0.279. The number of benzene rings is 2. The van der Waals surface area contributed by atoms with E-state index in [1.54, 1.807) is 24.3 Å². The zero-order valence-corrected chi connectivity index (χ0v) is 12.9. The Bertz CT molecular complexity index is 652. The summed E-state index contributed by atoms with van der Waals surface area (Å²) < 4.78 is 11.2. The molecule has 4 heteroatoms. The molecule has 0 bridgehead atoms. The van der Waals surface area contributed by atoms with Crippen molar-refractivity contribution < 1.29 is 9.47 Å². The Morgan fingerprint density at radius 1 is 0.696 bits per heavy atom. The Morgan fingerprint density at radius 2 is 1.17 bits per heavy atom. The second-order valence-corrected chi connectivity index (χ2v) is 5.04. The monoisotopic (exact) mass is 306 g/mol. The average Bonchev–Trinajstić information content (AvgIpc) is 2.61. The molecule has 0 saturated carbocycles. The fraction of sp³-hybridized carbons (Fsp3) is 0.263. The highest BCUT2D eigenvalue weighted by Crippen LogP contribution is 2.14. The largest absolute Gasteiger partial charge is 0.494 e. The SMILES string of the molecule is N#Cc1cccc(OCCCCCOc2cccc(C#N)c2)c1. The van der Waals surface area contributed by atoms with Gasteiger partial charge in [0.2, 0.25) is 0 Å². The van der Waals surface area contributed by atoms with Gasteiger partial charge in [0.05, 0.1) is 36.5 Å². The molecule has 0 aliphatic rings. The van der Waals surface area contributed by atoms with Crippen molar-refractivity contribution in [1.29, 1.82) is 10.5 Å². The summed E-state index contributed by atoms with van der Waals surface area (Å²) in [4.78, 5) is 0. The lowest BCUT2D eigenvalue weighted by Gasteiger charge is -2.08. The molecule has 0 radical (unpaired) electrons. The van der Waals surface area contributed by atoms with Gasteiger partial charge in [0, 0.05) is 0 Å². The van der Waals surface area contributed by atoms with Crippen molar-refractivity contribution >= 4 is 0 Å². The fourth-order valence-electron chi connectivity index (χ4n) is 2.07. The Hall–Kier alpha value is -2.98. The maximum absolute atomic E-state index is 8.82. The van der Waals surface area contributed by atoms with Crippen molar-refractivity contribution in [3.63, 3.8) is 0 Å². The molecule has 0 spiro atoms. The molecule has 0 amide bonds. The maximum Gasteiger partial charge on any atom is 0.120 e. The van der Waals surface area contributed by atoms with Crippen LogP contribution in [-0.4, -0.2) is 13.2 Å². The first-order chi connectivity index (χ1) is 11.3. The van der Waals surface area contributed by atoms with Crippen LogP contribution in [0.15, 0.2) is 48.5 Å². The molecular formula is C19H18N2O2. The molecule has 0 heterocycles. The van der Waals surface area contributed by atoms with Crippen molar-refractivity contribution in [1.82, 2.24) is 0 Å². The zero-order chi connectivity index (χ0) is 16.3. The van der Waals surface area contributed by atoms with Crippen LogP contribution in [0.3, 0.4) is 0 Å². The predicted molar refractivity (Wildman–Crippen MR) is 87.2 cm³/mol. The van der Waals surface area contributed by atoms with Gasteiger partial charge in [-0.15, -0.1) is 0 Å². The summed E-state index contributed by atoms with van der Waals surface area (Å²) in [5.41, 5.74) is 1.21. The van der Waals surface area contributed by atoms with Gasteiger partial charge in [0.1, 0.15) is 11.5 Å². The molecule has 0 aromatic heterocycles. The lowest BCUT2D eigenvalue weighted by atomic mass is 10.2. The zero-order valence-electron chi connectivity index (χ0n) is 12.9. The standard InChI is InChI=1S/C19H18N2O2/c20-14-16-6-4-8-18(12-16)22-10-2-1-3-11-23-19-9-5-7-17(13-19)15-21/h4-9,12-13H,1-3,10-11H2. The fourth-order valence-corrected chi connectivity index (χ4v) is 2.07. The molecule has 2 aromatic rings. The molecule has 0 atom stereocenters. The minimum atomic E-state index is 0.607. The minimum absolute atomic E-state index is 0.607. The van der Waals surface area contributed by atoms with E-state index in [-0.39, 0.29) is 0 Å². The van der Waals surface area contributed by atoms with E-state index in [1.165, 1.54) is 0 Å². The quantitative estimate of drug-likeness (QED) is 0.690. The van der Waals surface area contributed by atoms with E-state index in [1.807, 2.05) is 24.3 Å². The molecular weight excluding hydrogens is 288 g/mol. The molecule has 0 aliphatic heterocycles. The summed E-state index contributed by atoms with van der Waals surface area (Å²) in [7, 11) is 0. The van der Waals surface area contributed by atoms with Crippen molar-refractivity contribution in [2.24, 2.45) is 0 Å². The summed E-state index contributed by atoms with van der Waals surface area (Å²) in [5, 5.41) is 17.6. The lowest BCUT2D eigenvalue weighted by Crippen LogP contribution is -2.01. The van der Waals surface area contributed by atoms with E-state index in [2.05, 4.69) is 12.1 Å². The van der Waals surface area contributed by atoms with Crippen LogP contribution in [0.5, 0.6) is 11.5 Å². The summed E-state index contributed by atoms with van der Waals surface area (Å²) >= 11 is 0. The smallest absolute Gasteiger partial charge is 0.120 e. The van der Waals surface area contributed by atoms with E-state index in [0.717, 1.165) is 30.8 Å². The van der Waals surface area contributed by atoms with E-state index in [9.17, 15) is 0 Å². The van der Waals surface area contributed by atoms with Crippen LogP contribution < -0.4 is 9.47 Å². The number of hydrogen-bond acceptors (Lipinski definition) is 4. The molecule has 4 nitrogen and oxygen atoms in total. The van der Waals surface area contributed by atoms with Crippen LogP contribution in [-0.2, 0) is 0 Å². The van der Waals surface area contributed by atoms with E-state index < -0.39 is 0 Å². The second kappa shape index (κ2) is 9.12. The van der Waals surface area contributed by atoms with Crippen molar-refractivity contribution in [2.75, 3.05) is 13.2 Å². The third-order valence-corrected chi connectivity index (χ3v) is 3.25. The van der Waals surface area contributed by atoms with Gasteiger partial charge in [-0.3, -0.25) is 0 Å². The first kappa shape index (κ1) is 16.4. The number of unbranched alkanes of at least 4 members (excludes halogenated alkanes) is 2. The highest BCUT2D eigenvalue weighted by atomic mass is 16.5. The highest BCUT2D eigenvalue weighted by molar-refractivity contribution is 5.36. The second-order valence-electron chi connectivity index (χ2n) is 5.04. The molecule has 0 fully saturated rings. The van der Waals surface area contributed by atoms with Gasteiger partial charge in [-0.2, -0.15) is 10.5 Å². The van der Waals surface area contributed by atoms with Gasteiger partial charge >= 0.3 is 0 Å². The Morgan fingerprint density at radius 3 is 1.61 bits per heavy atom. The summed E-state index contributed by atoms with van der Waals surface area (Å²) in [5.74, 6) is 1.46. The van der Waals surface area contributed by atoms with Crippen LogP contribution in [0, 0.1) is 22.7 Å². The number of ether oxygens (including phenoxy) is 2. The van der Waals surface area contributed by atoms with Crippen LogP contribution in [0.4, 0.5) is 0 Å². The van der Waals surface area contributed by atoms with Crippen LogP contribution in [0.25, 0.3) is 0 Å². The Kier molecular flexibility index (Phi) is 6.50. The number of rotatable bonds is 8. The third-order valence-electron chi connectivity index (χ3n) is 3.25. The first-order valence-corrected chi connectivity index (χ1v) is 7.58. The maximum atomic E-state index is 8.82. The molecule has 0 saturated heterocycles. The number of nitriles is 2. The van der Waals surface area contributed by atoms with Gasteiger partial charge in [-0.05, 0) is 55.7 Å². The molecule has 116 valence electrons. The molecule has 2 aromatic carbocycles. The van der Waals surface area contributed by atoms with Gasteiger partial charge in [0.15, 0.2) is 0 Å². The van der Waals surface area contributed by atoms with Gasteiger partial charge in [0.25, 0.3) is 0 Å². The molecule has 0 aliphatic carbocycles. The highest BCUT2D eigenvalue weighted by Gasteiger charge is 1.98. The topological polar surface area (TPSA) is 66.0 Å². The molecule has 23 heavy (non-hydrogen) atoms. The molecule has 2 rings (SSSR count). The Balaban J connectivity index is 1.59. The van der Waals surface area contributed by atoms with Gasteiger partial charge in [-0.25, -0.2) is 0 Å². The van der Waals surface area contributed by atoms with E-state index >= 15 is 0 Å². The van der Waals surface area contributed by atoms with E-state index in [0.29, 0.717) is 24.3 Å². The average molecular weight is 306 g/mol.